The van der Waals surface area contributed by atoms with Gasteiger partial charge in [0.1, 0.15) is 0 Å². The lowest BCUT2D eigenvalue weighted by Crippen LogP contribution is -2.12. The molecule has 0 heterocycles. The first-order chi connectivity index (χ1) is 13.1. The highest BCUT2D eigenvalue weighted by Gasteiger charge is 2.20. The second-order valence-electron chi connectivity index (χ2n) is 6.42. The molecule has 1 aliphatic carbocycles. The maximum atomic E-state index is 11.3. The maximum Gasteiger partial charge on any atom is 0.304 e. The van der Waals surface area contributed by atoms with E-state index in [1.165, 1.54) is 12.8 Å². The van der Waals surface area contributed by atoms with Crippen LogP contribution in [0.3, 0.4) is 0 Å². The predicted molar refractivity (Wildman–Crippen MR) is 107 cm³/mol. The highest BCUT2D eigenvalue weighted by molar-refractivity contribution is 5.69. The van der Waals surface area contributed by atoms with Crippen LogP contribution in [0.4, 0.5) is 0 Å². The summed E-state index contributed by atoms with van der Waals surface area (Å²) in [4.78, 5) is 11.3. The summed E-state index contributed by atoms with van der Waals surface area (Å²) >= 11 is 0. The number of benzene rings is 1. The van der Waals surface area contributed by atoms with Gasteiger partial charge in [0.05, 0.1) is 25.6 Å². The minimum Gasteiger partial charge on any atom is -0.493 e. The van der Waals surface area contributed by atoms with Crippen LogP contribution in [0.1, 0.15) is 43.6 Å². The minimum absolute atomic E-state index is 0.0965. The monoisotopic (exact) mass is 366 g/mol. The van der Waals surface area contributed by atoms with Crippen LogP contribution in [0, 0.1) is 11.8 Å². The van der Waals surface area contributed by atoms with E-state index >= 15 is 0 Å². The Balaban J connectivity index is 2.35. The van der Waals surface area contributed by atoms with Gasteiger partial charge < -0.3 is 14.6 Å². The average Bonchev–Trinajstić information content (AvgIpc) is 3.16. The van der Waals surface area contributed by atoms with Gasteiger partial charge in [-0.25, -0.2) is 0 Å². The predicted octanol–water partition coefficient (Wildman–Crippen LogP) is 4.88. The number of carboxylic acid groups (broad SMARTS) is 1. The summed E-state index contributed by atoms with van der Waals surface area (Å²) in [6.07, 6.45) is 9.46. The Morgan fingerprint density at radius 1 is 1.33 bits per heavy atom. The zero-order valence-corrected chi connectivity index (χ0v) is 15.7. The van der Waals surface area contributed by atoms with Crippen LogP contribution in [0.5, 0.6) is 11.5 Å². The zero-order chi connectivity index (χ0) is 19.6. The van der Waals surface area contributed by atoms with Gasteiger partial charge in [0.15, 0.2) is 11.5 Å². The van der Waals surface area contributed by atoms with Crippen LogP contribution in [0.2, 0.25) is 0 Å². The molecule has 4 heteroatoms. The lowest BCUT2D eigenvalue weighted by Gasteiger charge is -2.18. The molecule has 4 nitrogen and oxygen atoms in total. The third-order valence-corrected chi connectivity index (χ3v) is 4.47. The van der Waals surface area contributed by atoms with Crippen molar-refractivity contribution >= 4 is 5.97 Å². The fourth-order valence-electron chi connectivity index (χ4n) is 3.07. The van der Waals surface area contributed by atoms with E-state index in [4.69, 9.17) is 9.47 Å². The van der Waals surface area contributed by atoms with E-state index in [0.29, 0.717) is 17.1 Å². The molecule has 142 valence electrons. The van der Waals surface area contributed by atoms with Gasteiger partial charge in [0.25, 0.3) is 0 Å². The number of aliphatic carboxylic acids is 1. The number of ether oxygens (including phenoxy) is 2. The molecule has 0 bridgehead atoms. The second kappa shape index (κ2) is 10.3. The van der Waals surface area contributed by atoms with Gasteiger partial charge in [0, 0.05) is 5.57 Å². The molecule has 1 fully saturated rings. The van der Waals surface area contributed by atoms with Crippen LogP contribution in [0.25, 0.3) is 0 Å². The molecule has 1 saturated carbocycles. The Hall–Kier alpha value is -2.93. The standard InChI is InChI=1S/C23H26O4/c1-4-8-17(5-2)11-12-19(16-23(24)25)18-13-14-21(26-3)22(15-18)27-20-9-6-7-10-20/h4-5,8,13-15,19-20H,1-2,6-7,9-10,16H2,3H3,(H,24,25)/b17-8+. The van der Waals surface area contributed by atoms with E-state index < -0.39 is 11.9 Å². The third kappa shape index (κ3) is 6.07. The van der Waals surface area contributed by atoms with Gasteiger partial charge >= 0.3 is 5.97 Å². The van der Waals surface area contributed by atoms with Crippen molar-refractivity contribution in [2.75, 3.05) is 7.11 Å². The molecule has 0 radical (unpaired) electrons. The first-order valence-corrected chi connectivity index (χ1v) is 9.10. The number of carbonyl (C=O) groups is 1. The fourth-order valence-corrected chi connectivity index (χ4v) is 3.07. The Bertz CT molecular complexity index is 773. The van der Waals surface area contributed by atoms with E-state index in [2.05, 4.69) is 25.0 Å². The molecule has 1 aromatic carbocycles. The van der Waals surface area contributed by atoms with Gasteiger partial charge in [-0.15, -0.1) is 0 Å². The first-order valence-electron chi connectivity index (χ1n) is 9.10. The van der Waals surface area contributed by atoms with Crippen molar-refractivity contribution in [3.63, 3.8) is 0 Å². The van der Waals surface area contributed by atoms with Crippen LogP contribution < -0.4 is 9.47 Å². The van der Waals surface area contributed by atoms with Gasteiger partial charge in [-0.2, -0.15) is 0 Å². The number of carboxylic acids is 1. The topological polar surface area (TPSA) is 55.8 Å². The minimum atomic E-state index is -0.906. The summed E-state index contributed by atoms with van der Waals surface area (Å²) in [6.45, 7) is 7.36. The van der Waals surface area contributed by atoms with Crippen LogP contribution in [0.15, 0.2) is 55.2 Å². The summed E-state index contributed by atoms with van der Waals surface area (Å²) in [6, 6.07) is 5.50. The van der Waals surface area contributed by atoms with Crippen LogP contribution in [-0.2, 0) is 4.79 Å². The van der Waals surface area contributed by atoms with Gasteiger partial charge in [-0.05, 0) is 49.5 Å². The largest absolute Gasteiger partial charge is 0.493 e. The molecule has 1 aromatic rings. The number of hydrogen-bond acceptors (Lipinski definition) is 3. The lowest BCUT2D eigenvalue weighted by molar-refractivity contribution is -0.137. The van der Waals surface area contributed by atoms with Gasteiger partial charge in [-0.3, -0.25) is 4.79 Å². The van der Waals surface area contributed by atoms with E-state index in [0.717, 1.165) is 18.4 Å². The molecule has 2 rings (SSSR count). The second-order valence-corrected chi connectivity index (χ2v) is 6.42. The lowest BCUT2D eigenvalue weighted by atomic mass is 9.95. The highest BCUT2D eigenvalue weighted by Crippen LogP contribution is 2.35. The van der Waals surface area contributed by atoms with Crippen molar-refractivity contribution in [3.05, 3.63) is 60.7 Å². The highest BCUT2D eigenvalue weighted by atomic mass is 16.5. The molecule has 0 aromatic heterocycles. The molecule has 1 N–H and O–H groups in total. The molecule has 0 spiro atoms. The number of methoxy groups -OCH3 is 1. The number of rotatable bonds is 8. The SMILES string of the molecule is C=C/C=C(/C#CC(CC(=O)O)c1ccc(OC)c(OC2CCCC2)c1)C=C. The molecule has 0 aliphatic heterocycles. The molecular formula is C23H26O4. The van der Waals surface area contributed by atoms with E-state index in [-0.39, 0.29) is 12.5 Å². The number of allylic oxidation sites excluding steroid dienone is 4. The maximum absolute atomic E-state index is 11.3. The normalized spacial score (nSPS) is 15.4. The van der Waals surface area contributed by atoms with Crippen molar-refractivity contribution in [3.8, 4) is 23.3 Å². The summed E-state index contributed by atoms with van der Waals surface area (Å²) in [5.74, 6) is 5.95. The van der Waals surface area contributed by atoms with Crippen molar-refractivity contribution in [2.24, 2.45) is 0 Å². The Kier molecular flexibility index (Phi) is 7.76. The van der Waals surface area contributed by atoms with Crippen molar-refractivity contribution in [1.29, 1.82) is 0 Å². The van der Waals surface area contributed by atoms with Crippen LogP contribution >= 0.6 is 0 Å². The fraction of sp³-hybridized carbons (Fsp3) is 0.348. The molecule has 1 unspecified atom stereocenters. The average molecular weight is 366 g/mol. The van der Waals surface area contributed by atoms with Gasteiger partial charge in [-0.1, -0.05) is 43.2 Å². The Morgan fingerprint density at radius 2 is 2.07 bits per heavy atom. The van der Waals surface area contributed by atoms with Crippen molar-refractivity contribution in [2.45, 2.75) is 44.1 Å². The molecule has 0 amide bonds. The Morgan fingerprint density at radius 3 is 2.67 bits per heavy atom. The first kappa shape index (κ1) is 20.4. The molecule has 0 saturated heterocycles. The molecule has 1 aliphatic rings. The summed E-state index contributed by atoms with van der Waals surface area (Å²) in [5, 5.41) is 9.30. The number of hydrogen-bond donors (Lipinski definition) is 1. The molecular weight excluding hydrogens is 340 g/mol. The third-order valence-electron chi connectivity index (χ3n) is 4.47. The quantitative estimate of drug-likeness (QED) is 0.526. The van der Waals surface area contributed by atoms with Crippen molar-refractivity contribution < 1.29 is 19.4 Å². The van der Waals surface area contributed by atoms with Crippen LogP contribution in [-0.4, -0.2) is 24.3 Å². The van der Waals surface area contributed by atoms with Crippen molar-refractivity contribution in [1.82, 2.24) is 0 Å². The molecule has 1 atom stereocenters. The molecule has 27 heavy (non-hydrogen) atoms. The van der Waals surface area contributed by atoms with E-state index in [1.807, 2.05) is 18.2 Å². The summed E-state index contributed by atoms with van der Waals surface area (Å²) in [7, 11) is 1.60. The summed E-state index contributed by atoms with van der Waals surface area (Å²) in [5.41, 5.74) is 1.48. The zero-order valence-electron chi connectivity index (χ0n) is 15.7. The van der Waals surface area contributed by atoms with Gasteiger partial charge in [0.2, 0.25) is 0 Å². The summed E-state index contributed by atoms with van der Waals surface area (Å²) < 4.78 is 11.5. The smallest absolute Gasteiger partial charge is 0.304 e. The van der Waals surface area contributed by atoms with E-state index in [1.54, 1.807) is 25.3 Å². The Labute approximate surface area is 161 Å². The van der Waals surface area contributed by atoms with E-state index in [9.17, 15) is 9.90 Å².